The van der Waals surface area contributed by atoms with Crippen molar-refractivity contribution in [3.63, 3.8) is 0 Å². The summed E-state index contributed by atoms with van der Waals surface area (Å²) in [4.78, 5) is 44.4. The van der Waals surface area contributed by atoms with Crippen molar-refractivity contribution in [2.75, 3.05) is 39.8 Å². The van der Waals surface area contributed by atoms with Crippen LogP contribution >= 0.6 is 0 Å². The molecule has 2 aromatic carbocycles. The molecule has 1 saturated heterocycles. The van der Waals surface area contributed by atoms with Gasteiger partial charge in [-0.05, 0) is 37.7 Å². The molecular formula is C24H28N4O4. The van der Waals surface area contributed by atoms with Gasteiger partial charge in [0.15, 0.2) is 0 Å². The normalized spacial score (nSPS) is 15.7. The van der Waals surface area contributed by atoms with E-state index in [4.69, 9.17) is 4.74 Å². The second-order valence-electron chi connectivity index (χ2n) is 7.95. The molecule has 0 N–H and O–H groups in total. The van der Waals surface area contributed by atoms with Gasteiger partial charge >= 0.3 is 5.69 Å². The smallest absolute Gasteiger partial charge is 0.336 e. The monoisotopic (exact) mass is 436 g/mol. The molecule has 0 aliphatic carbocycles. The molecule has 0 radical (unpaired) electrons. The summed E-state index contributed by atoms with van der Waals surface area (Å²) in [5.41, 5.74) is -0.119. The molecule has 1 amide bonds. The van der Waals surface area contributed by atoms with E-state index in [1.807, 2.05) is 0 Å². The topological polar surface area (TPSA) is 76.8 Å². The van der Waals surface area contributed by atoms with Crippen LogP contribution in [0.2, 0.25) is 0 Å². The van der Waals surface area contributed by atoms with Crippen molar-refractivity contribution in [2.45, 2.75) is 19.9 Å². The molecule has 0 spiro atoms. The summed E-state index contributed by atoms with van der Waals surface area (Å²) >= 11 is 0. The minimum absolute atomic E-state index is 0.121. The molecule has 1 aliphatic heterocycles. The number of amides is 1. The summed E-state index contributed by atoms with van der Waals surface area (Å²) < 4.78 is 7.82. The second-order valence-corrected chi connectivity index (χ2v) is 7.95. The number of ether oxygens (including phenoxy) is 1. The van der Waals surface area contributed by atoms with Crippen molar-refractivity contribution in [3.8, 4) is 11.4 Å². The SMILES string of the molecule is CCN1CCN(C(=O)C(C)n2c(=O)n(-c3cccc(OC)c3)c(=O)c3ccccc32)CC1. The molecule has 1 atom stereocenters. The van der Waals surface area contributed by atoms with E-state index in [9.17, 15) is 14.4 Å². The minimum atomic E-state index is -0.752. The highest BCUT2D eigenvalue weighted by Crippen LogP contribution is 2.19. The van der Waals surface area contributed by atoms with Gasteiger partial charge in [-0.3, -0.25) is 14.2 Å². The fraction of sp³-hybridized carbons (Fsp3) is 0.375. The highest BCUT2D eigenvalue weighted by Gasteiger charge is 2.28. The molecule has 4 rings (SSSR count). The summed E-state index contributed by atoms with van der Waals surface area (Å²) in [6.45, 7) is 7.66. The number of aromatic nitrogens is 2. The Morgan fingerprint density at radius 1 is 1.03 bits per heavy atom. The number of benzene rings is 2. The molecule has 2 heterocycles. The van der Waals surface area contributed by atoms with Crippen molar-refractivity contribution >= 4 is 16.8 Å². The Kier molecular flexibility index (Phi) is 6.14. The number of carbonyl (C=O) groups excluding carboxylic acids is 1. The zero-order chi connectivity index (χ0) is 22.8. The van der Waals surface area contributed by atoms with Crippen LogP contribution in [0.3, 0.4) is 0 Å². The number of piperazine rings is 1. The van der Waals surface area contributed by atoms with Crippen molar-refractivity contribution in [1.29, 1.82) is 0 Å². The van der Waals surface area contributed by atoms with Crippen LogP contribution in [0, 0.1) is 0 Å². The van der Waals surface area contributed by atoms with Gasteiger partial charge in [0.25, 0.3) is 5.56 Å². The van der Waals surface area contributed by atoms with Gasteiger partial charge in [-0.2, -0.15) is 0 Å². The lowest BCUT2D eigenvalue weighted by Crippen LogP contribution is -2.51. The number of carbonyl (C=O) groups is 1. The van der Waals surface area contributed by atoms with Crippen molar-refractivity contribution in [1.82, 2.24) is 18.9 Å². The fourth-order valence-corrected chi connectivity index (χ4v) is 4.29. The Bertz CT molecular complexity index is 1250. The highest BCUT2D eigenvalue weighted by molar-refractivity contribution is 5.84. The number of rotatable bonds is 5. The Morgan fingerprint density at radius 2 is 1.75 bits per heavy atom. The zero-order valence-corrected chi connectivity index (χ0v) is 18.7. The molecule has 32 heavy (non-hydrogen) atoms. The van der Waals surface area contributed by atoms with Crippen LogP contribution in [0.25, 0.3) is 16.6 Å². The summed E-state index contributed by atoms with van der Waals surface area (Å²) in [6, 6.07) is 13.0. The van der Waals surface area contributed by atoms with Crippen molar-refractivity contribution in [3.05, 3.63) is 69.4 Å². The summed E-state index contributed by atoms with van der Waals surface area (Å²) in [6.07, 6.45) is 0. The number of para-hydroxylation sites is 1. The number of likely N-dealkylation sites (N-methyl/N-ethyl adjacent to an activating group) is 1. The summed E-state index contributed by atoms with van der Waals surface area (Å²) in [7, 11) is 1.53. The van der Waals surface area contributed by atoms with Gasteiger partial charge in [0, 0.05) is 32.2 Å². The van der Waals surface area contributed by atoms with Gasteiger partial charge in [0.05, 0.1) is 23.7 Å². The first-order valence-electron chi connectivity index (χ1n) is 10.9. The highest BCUT2D eigenvalue weighted by atomic mass is 16.5. The van der Waals surface area contributed by atoms with Crippen LogP contribution in [-0.2, 0) is 4.79 Å². The van der Waals surface area contributed by atoms with Crippen LogP contribution in [0.15, 0.2) is 58.1 Å². The van der Waals surface area contributed by atoms with Crippen LogP contribution in [-0.4, -0.2) is 64.7 Å². The van der Waals surface area contributed by atoms with E-state index in [1.165, 1.54) is 11.7 Å². The maximum Gasteiger partial charge on any atom is 0.336 e. The summed E-state index contributed by atoms with van der Waals surface area (Å²) in [5.74, 6) is 0.412. The van der Waals surface area contributed by atoms with Crippen LogP contribution in [0.4, 0.5) is 0 Å². The lowest BCUT2D eigenvalue weighted by molar-refractivity contribution is -0.136. The van der Waals surface area contributed by atoms with Gasteiger partial charge in [-0.15, -0.1) is 0 Å². The zero-order valence-electron chi connectivity index (χ0n) is 18.7. The van der Waals surface area contributed by atoms with Crippen molar-refractivity contribution < 1.29 is 9.53 Å². The van der Waals surface area contributed by atoms with E-state index >= 15 is 0 Å². The van der Waals surface area contributed by atoms with Crippen molar-refractivity contribution in [2.24, 2.45) is 0 Å². The van der Waals surface area contributed by atoms with Crippen LogP contribution in [0.5, 0.6) is 5.75 Å². The standard InChI is InChI=1S/C24H28N4O4/c1-4-25-12-14-26(15-13-25)22(29)17(2)27-21-11-6-5-10-20(21)23(30)28(24(27)31)18-8-7-9-19(16-18)32-3/h5-11,16-17H,4,12-15H2,1-3H3. The predicted octanol–water partition coefficient (Wildman–Crippen LogP) is 1.89. The average Bonchev–Trinajstić information content (AvgIpc) is 2.84. The third-order valence-corrected chi connectivity index (χ3v) is 6.18. The molecule has 8 nitrogen and oxygen atoms in total. The van der Waals surface area contributed by atoms with Gasteiger partial charge < -0.3 is 14.5 Å². The number of fused-ring (bicyclic) bond motifs is 1. The largest absolute Gasteiger partial charge is 0.497 e. The molecular weight excluding hydrogens is 408 g/mol. The number of hydrogen-bond acceptors (Lipinski definition) is 5. The Hall–Kier alpha value is -3.39. The maximum absolute atomic E-state index is 13.6. The van der Waals surface area contributed by atoms with E-state index < -0.39 is 17.3 Å². The van der Waals surface area contributed by atoms with E-state index in [1.54, 1.807) is 60.4 Å². The second kappa shape index (κ2) is 9.00. The quantitative estimate of drug-likeness (QED) is 0.611. The molecule has 3 aromatic rings. The molecule has 0 saturated carbocycles. The molecule has 8 heteroatoms. The molecule has 1 aliphatic rings. The van der Waals surface area contributed by atoms with Gasteiger partial charge in [-0.1, -0.05) is 25.1 Å². The molecule has 1 fully saturated rings. The van der Waals surface area contributed by atoms with Gasteiger partial charge in [0.1, 0.15) is 11.8 Å². The van der Waals surface area contributed by atoms with Crippen LogP contribution < -0.4 is 16.0 Å². The number of hydrogen-bond donors (Lipinski definition) is 0. The van der Waals surface area contributed by atoms with E-state index in [2.05, 4.69) is 11.8 Å². The Labute approximate surface area is 186 Å². The first kappa shape index (κ1) is 21.8. The lowest BCUT2D eigenvalue weighted by atomic mass is 10.2. The van der Waals surface area contributed by atoms with E-state index in [0.717, 1.165) is 24.2 Å². The fourth-order valence-electron chi connectivity index (χ4n) is 4.29. The summed E-state index contributed by atoms with van der Waals surface area (Å²) in [5, 5.41) is 0.380. The van der Waals surface area contributed by atoms with E-state index in [-0.39, 0.29) is 5.91 Å². The maximum atomic E-state index is 13.6. The Balaban J connectivity index is 1.85. The first-order valence-corrected chi connectivity index (χ1v) is 10.9. The molecule has 1 unspecified atom stereocenters. The number of methoxy groups -OCH3 is 1. The molecule has 0 bridgehead atoms. The average molecular weight is 437 g/mol. The third-order valence-electron chi connectivity index (χ3n) is 6.18. The van der Waals surface area contributed by atoms with E-state index in [0.29, 0.717) is 35.4 Å². The number of nitrogens with zero attached hydrogens (tertiary/aromatic N) is 4. The first-order chi connectivity index (χ1) is 15.5. The van der Waals surface area contributed by atoms with Gasteiger partial charge in [0.2, 0.25) is 5.91 Å². The molecule has 168 valence electrons. The minimum Gasteiger partial charge on any atom is -0.497 e. The lowest BCUT2D eigenvalue weighted by Gasteiger charge is -2.35. The Morgan fingerprint density at radius 3 is 2.44 bits per heavy atom. The predicted molar refractivity (Wildman–Crippen MR) is 124 cm³/mol. The molecule has 1 aromatic heterocycles. The van der Waals surface area contributed by atoms with Crippen LogP contribution in [0.1, 0.15) is 19.9 Å². The van der Waals surface area contributed by atoms with Gasteiger partial charge in [-0.25, -0.2) is 9.36 Å². The third kappa shape index (κ3) is 3.82.